The largest absolute Gasteiger partial charge is 0.508 e. The number of aryl methyl sites for hydroxylation is 1. The number of hydrogen-bond donors (Lipinski definition) is 2. The Hall–Kier alpha value is -1.62. The van der Waals surface area contributed by atoms with Crippen LogP contribution in [0.25, 0.3) is 0 Å². The fourth-order valence-corrected chi connectivity index (χ4v) is 2.07. The fraction of sp³-hybridized carbons (Fsp3) is 0.429. The van der Waals surface area contributed by atoms with Gasteiger partial charge in [0.15, 0.2) is 0 Å². The molecule has 1 aliphatic rings. The Morgan fingerprint density at radius 1 is 1.53 bits per heavy atom. The molecule has 0 saturated heterocycles. The summed E-state index contributed by atoms with van der Waals surface area (Å²) in [6, 6.07) is 5.31. The Kier molecular flexibility index (Phi) is 4.04. The van der Waals surface area contributed by atoms with Crippen LogP contribution >= 0.6 is 12.2 Å². The summed E-state index contributed by atoms with van der Waals surface area (Å²) in [4.78, 5) is 14.7. The molecule has 1 aromatic carbocycles. The highest BCUT2D eigenvalue weighted by molar-refractivity contribution is 7.80. The summed E-state index contributed by atoms with van der Waals surface area (Å²) in [5.74, 6) is 0.0880. The number of nitrogens with zero attached hydrogens (tertiary/aromatic N) is 1. The van der Waals surface area contributed by atoms with E-state index in [1.165, 1.54) is 6.07 Å². The van der Waals surface area contributed by atoms with E-state index in [9.17, 15) is 9.90 Å². The van der Waals surface area contributed by atoms with Crippen LogP contribution in [0.3, 0.4) is 0 Å². The van der Waals surface area contributed by atoms with Gasteiger partial charge in [0.25, 0.3) is 5.91 Å². The van der Waals surface area contributed by atoms with Gasteiger partial charge in [-0.3, -0.25) is 4.79 Å². The number of carbonyl (C=O) groups is 1. The molecule has 0 bridgehead atoms. The summed E-state index contributed by atoms with van der Waals surface area (Å²) in [7, 11) is 0. The maximum absolute atomic E-state index is 12.4. The van der Waals surface area contributed by atoms with E-state index in [2.05, 4.69) is 0 Å². The molecule has 0 heterocycles. The second-order valence-electron chi connectivity index (χ2n) is 4.95. The van der Waals surface area contributed by atoms with Gasteiger partial charge in [-0.2, -0.15) is 0 Å². The minimum atomic E-state index is -0.0611. The lowest BCUT2D eigenvalue weighted by molar-refractivity contribution is 0.0747. The molecule has 1 aromatic rings. The van der Waals surface area contributed by atoms with Gasteiger partial charge in [0.1, 0.15) is 5.75 Å². The number of phenols is 1. The molecule has 0 aromatic heterocycles. The number of amides is 1. The smallest absolute Gasteiger partial charge is 0.254 e. The predicted octanol–water partition coefficient (Wildman–Crippen LogP) is 1.98. The van der Waals surface area contributed by atoms with Crippen molar-refractivity contribution in [3.05, 3.63) is 29.3 Å². The van der Waals surface area contributed by atoms with Crippen LogP contribution in [0, 0.1) is 6.92 Å². The minimum Gasteiger partial charge on any atom is -0.508 e. The van der Waals surface area contributed by atoms with Crippen LogP contribution < -0.4 is 5.73 Å². The van der Waals surface area contributed by atoms with Gasteiger partial charge < -0.3 is 15.7 Å². The van der Waals surface area contributed by atoms with Crippen LogP contribution in [-0.2, 0) is 0 Å². The SMILES string of the molecule is Cc1ccc(C(=O)N(CCC(N)=S)C2CC2)cc1O. The second kappa shape index (κ2) is 5.57. The van der Waals surface area contributed by atoms with E-state index in [1.807, 2.05) is 4.90 Å². The monoisotopic (exact) mass is 278 g/mol. The van der Waals surface area contributed by atoms with E-state index >= 15 is 0 Å². The van der Waals surface area contributed by atoms with Crippen molar-refractivity contribution < 1.29 is 9.90 Å². The molecule has 0 atom stereocenters. The number of hydrogen-bond acceptors (Lipinski definition) is 3. The van der Waals surface area contributed by atoms with Crippen LogP contribution in [0.4, 0.5) is 0 Å². The second-order valence-corrected chi connectivity index (χ2v) is 5.47. The molecule has 0 aliphatic heterocycles. The number of rotatable bonds is 5. The van der Waals surface area contributed by atoms with Crippen LogP contribution in [0.2, 0.25) is 0 Å². The van der Waals surface area contributed by atoms with Gasteiger partial charge in [-0.05, 0) is 37.5 Å². The molecule has 3 N–H and O–H groups in total. The maximum Gasteiger partial charge on any atom is 0.254 e. The van der Waals surface area contributed by atoms with Crippen molar-refractivity contribution in [1.29, 1.82) is 0 Å². The van der Waals surface area contributed by atoms with Crippen LogP contribution in [-0.4, -0.2) is 33.5 Å². The highest BCUT2D eigenvalue weighted by Gasteiger charge is 2.32. The van der Waals surface area contributed by atoms with Gasteiger partial charge in [-0.1, -0.05) is 18.3 Å². The van der Waals surface area contributed by atoms with Crippen molar-refractivity contribution >= 4 is 23.1 Å². The van der Waals surface area contributed by atoms with E-state index in [1.54, 1.807) is 19.1 Å². The van der Waals surface area contributed by atoms with Gasteiger partial charge in [0.05, 0.1) is 4.99 Å². The van der Waals surface area contributed by atoms with Crippen molar-refractivity contribution in [1.82, 2.24) is 4.90 Å². The quantitative estimate of drug-likeness (QED) is 0.808. The van der Waals surface area contributed by atoms with E-state index in [4.69, 9.17) is 18.0 Å². The zero-order chi connectivity index (χ0) is 14.0. The Morgan fingerprint density at radius 2 is 2.21 bits per heavy atom. The van der Waals surface area contributed by atoms with Crippen molar-refractivity contribution in [2.75, 3.05) is 6.54 Å². The molecule has 4 nitrogen and oxygen atoms in total. The molecule has 102 valence electrons. The van der Waals surface area contributed by atoms with Gasteiger partial charge in [-0.15, -0.1) is 0 Å². The zero-order valence-electron chi connectivity index (χ0n) is 10.9. The maximum atomic E-state index is 12.4. The highest BCUT2D eigenvalue weighted by atomic mass is 32.1. The van der Waals surface area contributed by atoms with Gasteiger partial charge >= 0.3 is 0 Å². The number of nitrogens with two attached hydrogens (primary N) is 1. The first-order chi connectivity index (χ1) is 8.99. The third kappa shape index (κ3) is 3.44. The molecular formula is C14H18N2O2S. The predicted molar refractivity (Wildman–Crippen MR) is 78.3 cm³/mol. The first-order valence-corrected chi connectivity index (χ1v) is 6.78. The van der Waals surface area contributed by atoms with Gasteiger partial charge in [0, 0.05) is 24.6 Å². The van der Waals surface area contributed by atoms with Crippen LogP contribution in [0.5, 0.6) is 5.75 Å². The average molecular weight is 278 g/mol. The average Bonchev–Trinajstić information content (AvgIpc) is 3.16. The van der Waals surface area contributed by atoms with Crippen molar-refractivity contribution in [2.45, 2.75) is 32.2 Å². The van der Waals surface area contributed by atoms with Crippen molar-refractivity contribution in [2.24, 2.45) is 5.73 Å². The number of aromatic hydroxyl groups is 1. The van der Waals surface area contributed by atoms with Crippen LogP contribution in [0.15, 0.2) is 18.2 Å². The number of thiocarbonyl (C=S) groups is 1. The molecule has 1 fully saturated rings. The summed E-state index contributed by atoms with van der Waals surface area (Å²) < 4.78 is 0. The molecule has 19 heavy (non-hydrogen) atoms. The third-order valence-corrected chi connectivity index (χ3v) is 3.51. The van der Waals surface area contributed by atoms with E-state index < -0.39 is 0 Å². The normalized spacial score (nSPS) is 14.2. The number of carbonyl (C=O) groups excluding carboxylic acids is 1. The first kappa shape index (κ1) is 13.8. The first-order valence-electron chi connectivity index (χ1n) is 6.38. The summed E-state index contributed by atoms with van der Waals surface area (Å²) >= 11 is 4.86. The lowest BCUT2D eigenvalue weighted by Crippen LogP contribution is -2.35. The Labute approximate surface area is 118 Å². The molecule has 0 spiro atoms. The van der Waals surface area contributed by atoms with Gasteiger partial charge in [-0.25, -0.2) is 0 Å². The number of benzene rings is 1. The standard InChI is InChI=1S/C14H18N2O2S/c1-9-2-3-10(8-12(9)17)14(18)16(11-4-5-11)7-6-13(15)19/h2-3,8,11,17H,4-7H2,1H3,(H2,15,19). The van der Waals surface area contributed by atoms with E-state index in [0.29, 0.717) is 29.6 Å². The summed E-state index contributed by atoms with van der Waals surface area (Å²) in [5, 5.41) is 9.69. The summed E-state index contributed by atoms with van der Waals surface area (Å²) in [6.07, 6.45) is 2.59. The summed E-state index contributed by atoms with van der Waals surface area (Å²) in [6.45, 7) is 2.35. The van der Waals surface area contributed by atoms with Crippen molar-refractivity contribution in [3.8, 4) is 5.75 Å². The fourth-order valence-electron chi connectivity index (χ4n) is 1.98. The van der Waals surface area contributed by atoms with E-state index in [-0.39, 0.29) is 11.7 Å². The molecule has 0 unspecified atom stereocenters. The highest BCUT2D eigenvalue weighted by Crippen LogP contribution is 2.29. The Morgan fingerprint density at radius 3 is 2.74 bits per heavy atom. The van der Waals surface area contributed by atoms with Gasteiger partial charge in [0.2, 0.25) is 0 Å². The lowest BCUT2D eigenvalue weighted by atomic mass is 10.1. The third-order valence-electron chi connectivity index (χ3n) is 3.30. The van der Waals surface area contributed by atoms with E-state index in [0.717, 1.165) is 18.4 Å². The molecule has 1 saturated carbocycles. The molecule has 5 heteroatoms. The lowest BCUT2D eigenvalue weighted by Gasteiger charge is -2.22. The topological polar surface area (TPSA) is 66.6 Å². The molecule has 1 amide bonds. The zero-order valence-corrected chi connectivity index (χ0v) is 11.7. The minimum absolute atomic E-state index is 0.0611. The number of phenolic OH excluding ortho intramolecular Hbond substituents is 1. The Bertz CT molecular complexity index is 512. The van der Waals surface area contributed by atoms with Crippen LogP contribution in [0.1, 0.15) is 35.2 Å². The molecule has 1 aliphatic carbocycles. The Balaban J connectivity index is 2.14. The molecular weight excluding hydrogens is 260 g/mol. The van der Waals surface area contributed by atoms with Crippen molar-refractivity contribution in [3.63, 3.8) is 0 Å². The summed E-state index contributed by atoms with van der Waals surface area (Å²) in [5.41, 5.74) is 6.77. The molecule has 0 radical (unpaired) electrons. The molecule has 2 rings (SSSR count).